The number of allylic oxidation sites excluding steroid dienone is 2. The lowest BCUT2D eigenvalue weighted by molar-refractivity contribution is 1.25. The normalized spacial score (nSPS) is 11.8. The third kappa shape index (κ3) is 1.87. The summed E-state index contributed by atoms with van der Waals surface area (Å²) in [4.78, 5) is 4.45. The van der Waals surface area contributed by atoms with E-state index in [9.17, 15) is 0 Å². The predicted molar refractivity (Wildman–Crippen MR) is 68.9 cm³/mol. The van der Waals surface area contributed by atoms with Gasteiger partial charge in [-0.1, -0.05) is 18.2 Å². The molecule has 16 heavy (non-hydrogen) atoms. The molecule has 0 saturated carbocycles. The fraction of sp³-hybridized carbons (Fsp3) is 0.143. The highest BCUT2D eigenvalue weighted by atomic mass is 14.7. The van der Waals surface area contributed by atoms with Gasteiger partial charge in [0.1, 0.15) is 0 Å². The summed E-state index contributed by atoms with van der Waals surface area (Å²) >= 11 is 0. The van der Waals surface area contributed by atoms with E-state index in [1.165, 1.54) is 6.21 Å². The summed E-state index contributed by atoms with van der Waals surface area (Å²) in [6, 6.07) is 10.2. The highest BCUT2D eigenvalue weighted by molar-refractivity contribution is 6.09. The largest absolute Gasteiger partial charge is 0.308 e. The van der Waals surface area contributed by atoms with Gasteiger partial charge in [0.25, 0.3) is 0 Å². The lowest BCUT2D eigenvalue weighted by Crippen LogP contribution is -1.87. The number of rotatable bonds is 2. The molecule has 0 saturated heterocycles. The van der Waals surface area contributed by atoms with Crippen molar-refractivity contribution in [3.8, 4) is 0 Å². The van der Waals surface area contributed by atoms with Gasteiger partial charge in [-0.3, -0.25) is 4.98 Å². The molecule has 80 valence electrons. The third-order valence-corrected chi connectivity index (χ3v) is 2.63. The van der Waals surface area contributed by atoms with Gasteiger partial charge >= 0.3 is 0 Å². The molecular weight excluding hydrogens is 196 g/mol. The van der Waals surface area contributed by atoms with E-state index in [1.54, 1.807) is 0 Å². The smallest absolute Gasteiger partial charge is 0.0705 e. The van der Waals surface area contributed by atoms with E-state index in [0.29, 0.717) is 0 Å². The molecule has 0 radical (unpaired) electrons. The average Bonchev–Trinajstić information content (AvgIpc) is 2.31. The molecule has 2 aromatic rings. The number of hydrogen-bond donors (Lipinski definition) is 1. The maximum absolute atomic E-state index is 7.33. The van der Waals surface area contributed by atoms with E-state index in [1.807, 2.05) is 38.1 Å². The quantitative estimate of drug-likeness (QED) is 0.755. The lowest BCUT2D eigenvalue weighted by atomic mass is 10.0. The molecule has 0 unspecified atom stereocenters. The van der Waals surface area contributed by atoms with Gasteiger partial charge in [-0.15, -0.1) is 0 Å². The first-order valence-corrected chi connectivity index (χ1v) is 5.29. The molecule has 0 amide bonds. The number of hydrogen-bond acceptors (Lipinski definition) is 2. The molecule has 0 bridgehead atoms. The summed E-state index contributed by atoms with van der Waals surface area (Å²) in [5, 5.41) is 8.45. The zero-order valence-electron chi connectivity index (χ0n) is 9.49. The highest BCUT2D eigenvalue weighted by Gasteiger charge is 2.00. The van der Waals surface area contributed by atoms with Gasteiger partial charge in [-0.05, 0) is 43.2 Å². The van der Waals surface area contributed by atoms with Crippen LogP contribution in [0.1, 0.15) is 18.2 Å². The van der Waals surface area contributed by atoms with Crippen LogP contribution in [-0.4, -0.2) is 11.2 Å². The van der Waals surface area contributed by atoms with Gasteiger partial charge < -0.3 is 5.41 Å². The lowest BCUT2D eigenvalue weighted by Gasteiger charge is -2.04. The number of pyridine rings is 1. The Hall–Kier alpha value is -1.96. The standard InChI is InChI=1S/C14H14N2/c1-3-11(9-15)12-6-7-14-13(8-12)5-4-10(2)16-14/h3-9,15H,1-2H3/b11-3+,15-9?. The molecule has 0 aliphatic carbocycles. The molecule has 1 aromatic heterocycles. The molecular formula is C14H14N2. The summed E-state index contributed by atoms with van der Waals surface area (Å²) in [5.74, 6) is 0. The second kappa shape index (κ2) is 4.27. The molecule has 1 heterocycles. The van der Waals surface area contributed by atoms with Crippen molar-refractivity contribution in [1.82, 2.24) is 4.98 Å². The summed E-state index contributed by atoms with van der Waals surface area (Å²) in [6.45, 7) is 3.93. The van der Waals surface area contributed by atoms with Crippen LogP contribution in [0.15, 0.2) is 36.4 Å². The van der Waals surface area contributed by atoms with Crippen molar-refractivity contribution >= 4 is 22.7 Å². The Labute approximate surface area is 95.2 Å². The van der Waals surface area contributed by atoms with Crippen LogP contribution in [0.2, 0.25) is 0 Å². The monoisotopic (exact) mass is 210 g/mol. The fourth-order valence-corrected chi connectivity index (χ4v) is 1.74. The minimum atomic E-state index is 0.933. The van der Waals surface area contributed by atoms with Crippen LogP contribution >= 0.6 is 0 Å². The third-order valence-electron chi connectivity index (χ3n) is 2.63. The van der Waals surface area contributed by atoms with Crippen molar-refractivity contribution in [2.24, 2.45) is 0 Å². The number of aromatic nitrogens is 1. The molecule has 1 aromatic carbocycles. The minimum Gasteiger partial charge on any atom is -0.308 e. The second-order valence-electron chi connectivity index (χ2n) is 3.75. The maximum Gasteiger partial charge on any atom is 0.0705 e. The Bertz CT molecular complexity index is 568. The molecule has 0 spiro atoms. The highest BCUT2D eigenvalue weighted by Crippen LogP contribution is 2.19. The van der Waals surface area contributed by atoms with Crippen LogP contribution in [0.4, 0.5) is 0 Å². The number of nitrogens with one attached hydrogen (secondary N) is 1. The topological polar surface area (TPSA) is 36.7 Å². The van der Waals surface area contributed by atoms with E-state index in [2.05, 4.69) is 17.1 Å². The van der Waals surface area contributed by atoms with Gasteiger partial charge in [0, 0.05) is 17.3 Å². The van der Waals surface area contributed by atoms with Crippen LogP contribution in [-0.2, 0) is 0 Å². The molecule has 0 aliphatic heterocycles. The summed E-state index contributed by atoms with van der Waals surface area (Å²) < 4.78 is 0. The van der Waals surface area contributed by atoms with Gasteiger partial charge in [-0.25, -0.2) is 0 Å². The maximum atomic E-state index is 7.33. The summed E-state index contributed by atoms with van der Waals surface area (Å²) in [7, 11) is 0. The van der Waals surface area contributed by atoms with E-state index >= 15 is 0 Å². The van der Waals surface area contributed by atoms with Crippen molar-refractivity contribution in [3.05, 3.63) is 47.7 Å². The first-order valence-electron chi connectivity index (χ1n) is 5.29. The van der Waals surface area contributed by atoms with E-state index in [0.717, 1.165) is 27.7 Å². The fourth-order valence-electron chi connectivity index (χ4n) is 1.74. The predicted octanol–water partition coefficient (Wildman–Crippen LogP) is 3.60. The molecule has 1 N–H and O–H groups in total. The number of fused-ring (bicyclic) bond motifs is 1. The molecule has 0 fully saturated rings. The molecule has 2 heteroatoms. The molecule has 0 aliphatic rings. The van der Waals surface area contributed by atoms with Crippen LogP contribution in [0.5, 0.6) is 0 Å². The number of nitrogens with zero attached hydrogens (tertiary/aromatic N) is 1. The zero-order valence-corrected chi connectivity index (χ0v) is 9.49. The van der Waals surface area contributed by atoms with Crippen molar-refractivity contribution in [2.45, 2.75) is 13.8 Å². The van der Waals surface area contributed by atoms with Gasteiger partial charge in [0.15, 0.2) is 0 Å². The van der Waals surface area contributed by atoms with Gasteiger partial charge in [0.05, 0.1) is 5.52 Å². The van der Waals surface area contributed by atoms with Crippen molar-refractivity contribution in [2.75, 3.05) is 0 Å². The Morgan fingerprint density at radius 2 is 2.06 bits per heavy atom. The SMILES string of the molecule is C/C=C(\C=N)c1ccc2nc(C)ccc2c1. The first kappa shape index (κ1) is 10.6. The van der Waals surface area contributed by atoms with Crippen LogP contribution < -0.4 is 0 Å². The molecule has 0 atom stereocenters. The second-order valence-corrected chi connectivity index (χ2v) is 3.75. The summed E-state index contributed by atoms with van der Waals surface area (Å²) in [6.07, 6.45) is 3.32. The molecule has 2 rings (SSSR count). The minimum absolute atomic E-state index is 0.933. The van der Waals surface area contributed by atoms with E-state index in [4.69, 9.17) is 5.41 Å². The van der Waals surface area contributed by atoms with Crippen molar-refractivity contribution in [1.29, 1.82) is 5.41 Å². The van der Waals surface area contributed by atoms with Crippen LogP contribution in [0.25, 0.3) is 16.5 Å². The van der Waals surface area contributed by atoms with Crippen LogP contribution in [0, 0.1) is 12.3 Å². The number of aryl methyl sites for hydroxylation is 1. The Morgan fingerprint density at radius 3 is 2.75 bits per heavy atom. The van der Waals surface area contributed by atoms with Gasteiger partial charge in [0.2, 0.25) is 0 Å². The zero-order chi connectivity index (χ0) is 11.5. The van der Waals surface area contributed by atoms with E-state index < -0.39 is 0 Å². The van der Waals surface area contributed by atoms with Crippen LogP contribution in [0.3, 0.4) is 0 Å². The number of benzene rings is 1. The average molecular weight is 210 g/mol. The first-order chi connectivity index (χ1) is 7.74. The van der Waals surface area contributed by atoms with Gasteiger partial charge in [-0.2, -0.15) is 0 Å². The van der Waals surface area contributed by atoms with Crippen molar-refractivity contribution in [3.63, 3.8) is 0 Å². The molecule has 2 nitrogen and oxygen atoms in total. The summed E-state index contributed by atoms with van der Waals surface area (Å²) in [5.41, 5.74) is 4.03. The Kier molecular flexibility index (Phi) is 2.82. The Balaban J connectivity index is 2.60. The van der Waals surface area contributed by atoms with E-state index in [-0.39, 0.29) is 0 Å². The Morgan fingerprint density at radius 1 is 1.25 bits per heavy atom. The van der Waals surface area contributed by atoms with Crippen molar-refractivity contribution < 1.29 is 0 Å².